The van der Waals surface area contributed by atoms with Crippen molar-refractivity contribution in [3.63, 3.8) is 0 Å². The second-order valence-electron chi connectivity index (χ2n) is 7.93. The van der Waals surface area contributed by atoms with Gasteiger partial charge in [-0.1, -0.05) is 12.1 Å². The van der Waals surface area contributed by atoms with Gasteiger partial charge in [0.1, 0.15) is 12.4 Å². The van der Waals surface area contributed by atoms with E-state index in [-0.39, 0.29) is 12.1 Å². The Bertz CT molecular complexity index is 776. The van der Waals surface area contributed by atoms with Crippen molar-refractivity contribution in [2.75, 3.05) is 40.3 Å². The molecule has 1 aromatic rings. The number of nitrogens with zero attached hydrogens (tertiary/aromatic N) is 2. The van der Waals surface area contributed by atoms with Gasteiger partial charge in [0.05, 0.1) is 6.54 Å². The number of likely N-dealkylation sites (N-methyl/N-ethyl adjacent to an activating group) is 1. The van der Waals surface area contributed by atoms with E-state index < -0.39 is 11.9 Å². The molecule has 9 nitrogen and oxygen atoms in total. The van der Waals surface area contributed by atoms with E-state index in [1.54, 1.807) is 0 Å². The average molecular weight is 450 g/mol. The van der Waals surface area contributed by atoms with E-state index in [0.717, 1.165) is 31.7 Å². The Hall–Kier alpha value is -3.07. The normalized spacial score (nSPS) is 12.3. The van der Waals surface area contributed by atoms with Crippen LogP contribution in [0.2, 0.25) is 0 Å². The number of aryl methyl sites for hydroxylation is 1. The van der Waals surface area contributed by atoms with Gasteiger partial charge in [0, 0.05) is 31.3 Å². The fourth-order valence-corrected chi connectivity index (χ4v) is 3.18. The molecule has 2 rings (SSSR count). The lowest BCUT2D eigenvalue weighted by atomic mass is 10.1. The Labute approximate surface area is 189 Å². The second kappa shape index (κ2) is 14.1. The number of benzene rings is 1. The monoisotopic (exact) mass is 449 g/mol. The van der Waals surface area contributed by atoms with Crippen LogP contribution in [0.25, 0.3) is 0 Å². The van der Waals surface area contributed by atoms with Gasteiger partial charge in [-0.25, -0.2) is 14.4 Å². The van der Waals surface area contributed by atoms with Crippen LogP contribution in [0.5, 0.6) is 5.75 Å². The van der Waals surface area contributed by atoms with Gasteiger partial charge in [-0.15, -0.1) is 0 Å². The van der Waals surface area contributed by atoms with E-state index in [1.807, 2.05) is 38.9 Å². The van der Waals surface area contributed by atoms with Crippen molar-refractivity contribution in [2.45, 2.75) is 39.2 Å². The molecule has 0 spiro atoms. The van der Waals surface area contributed by atoms with Crippen LogP contribution in [0, 0.1) is 0 Å². The first-order valence-electron chi connectivity index (χ1n) is 10.7. The van der Waals surface area contributed by atoms with Crippen molar-refractivity contribution in [1.29, 1.82) is 0 Å². The molecule has 178 valence electrons. The minimum absolute atomic E-state index is 0.0197. The van der Waals surface area contributed by atoms with Crippen molar-refractivity contribution in [2.24, 2.45) is 0 Å². The van der Waals surface area contributed by atoms with Gasteiger partial charge in [-0.2, -0.15) is 0 Å². The Morgan fingerprint density at radius 3 is 2.31 bits per heavy atom. The van der Waals surface area contributed by atoms with Crippen LogP contribution in [0.4, 0.5) is 4.79 Å². The zero-order valence-corrected chi connectivity index (χ0v) is 19.3. The number of amides is 2. The maximum Gasteiger partial charge on any atom is 0.328 e. The molecule has 0 saturated carbocycles. The molecular weight excluding hydrogens is 414 g/mol. The highest BCUT2D eigenvalue weighted by Crippen LogP contribution is 2.30. The van der Waals surface area contributed by atoms with Crippen LogP contribution in [0.15, 0.2) is 30.4 Å². The fourth-order valence-electron chi connectivity index (χ4n) is 3.18. The minimum Gasteiger partial charge on any atom is -0.491 e. The van der Waals surface area contributed by atoms with E-state index in [9.17, 15) is 14.4 Å². The summed E-state index contributed by atoms with van der Waals surface area (Å²) in [6.45, 7) is 6.69. The Kier molecular flexibility index (Phi) is 11.9. The molecule has 9 heteroatoms. The van der Waals surface area contributed by atoms with Gasteiger partial charge in [0.15, 0.2) is 0 Å². The number of fused-ring (bicyclic) bond motifs is 1. The molecule has 2 amide bonds. The van der Waals surface area contributed by atoms with Gasteiger partial charge >= 0.3 is 18.0 Å². The number of hydrogen-bond acceptors (Lipinski definition) is 5. The third-order valence-corrected chi connectivity index (χ3v) is 4.78. The van der Waals surface area contributed by atoms with Crippen LogP contribution < -0.4 is 10.1 Å². The summed E-state index contributed by atoms with van der Waals surface area (Å²) in [5.74, 6) is -1.53. The first-order chi connectivity index (χ1) is 15.1. The minimum atomic E-state index is -1.26. The summed E-state index contributed by atoms with van der Waals surface area (Å²) in [5, 5.41) is 18.6. The van der Waals surface area contributed by atoms with Crippen molar-refractivity contribution < 1.29 is 29.3 Å². The summed E-state index contributed by atoms with van der Waals surface area (Å²) in [7, 11) is 4.03. The van der Waals surface area contributed by atoms with Gasteiger partial charge in [-0.05, 0) is 64.4 Å². The lowest BCUT2D eigenvalue weighted by Crippen LogP contribution is -2.47. The maximum atomic E-state index is 12.3. The molecule has 0 atom stereocenters. The number of ether oxygens (including phenoxy) is 1. The summed E-state index contributed by atoms with van der Waals surface area (Å²) in [4.78, 5) is 35.4. The van der Waals surface area contributed by atoms with E-state index >= 15 is 0 Å². The summed E-state index contributed by atoms with van der Waals surface area (Å²) < 4.78 is 5.90. The second-order valence-corrected chi connectivity index (χ2v) is 7.93. The van der Waals surface area contributed by atoms with Crippen LogP contribution in [-0.4, -0.2) is 84.4 Å². The lowest BCUT2D eigenvalue weighted by molar-refractivity contribution is -0.134. The molecule has 0 bridgehead atoms. The lowest BCUT2D eigenvalue weighted by Gasteiger charge is -2.28. The quantitative estimate of drug-likeness (QED) is 0.370. The fraction of sp³-hybridized carbons (Fsp3) is 0.522. The SMILES string of the molecule is CC(C)N(CCN(C)C)C(=O)NCCOc1cccc2c1CCC2.O=C(O)C=CC(=O)O. The van der Waals surface area contributed by atoms with E-state index in [0.29, 0.717) is 25.3 Å². The highest BCUT2D eigenvalue weighted by atomic mass is 16.5. The van der Waals surface area contributed by atoms with Crippen molar-refractivity contribution in [3.8, 4) is 5.75 Å². The summed E-state index contributed by atoms with van der Waals surface area (Å²) in [6.07, 6.45) is 4.58. The number of carboxylic acids is 2. The average Bonchev–Trinajstić information content (AvgIpc) is 3.19. The Balaban J connectivity index is 0.000000547. The molecule has 0 heterocycles. The van der Waals surface area contributed by atoms with Crippen LogP contribution in [-0.2, 0) is 22.4 Å². The summed E-state index contributed by atoms with van der Waals surface area (Å²) in [5.41, 5.74) is 2.75. The molecule has 0 radical (unpaired) electrons. The molecule has 32 heavy (non-hydrogen) atoms. The van der Waals surface area contributed by atoms with Gasteiger partial charge in [0.2, 0.25) is 0 Å². The summed E-state index contributed by atoms with van der Waals surface area (Å²) in [6, 6.07) is 6.43. The zero-order chi connectivity index (χ0) is 24.1. The zero-order valence-electron chi connectivity index (χ0n) is 19.3. The van der Waals surface area contributed by atoms with E-state index in [1.165, 1.54) is 17.5 Å². The van der Waals surface area contributed by atoms with Gasteiger partial charge in [-0.3, -0.25) is 0 Å². The van der Waals surface area contributed by atoms with Crippen LogP contribution >= 0.6 is 0 Å². The third-order valence-electron chi connectivity index (χ3n) is 4.78. The molecule has 0 unspecified atom stereocenters. The molecule has 0 aromatic heterocycles. The standard InChI is InChI=1S/C19H31N3O2.C4H4O4/c1-15(2)22(13-12-21(3)4)19(23)20-11-14-24-18-10-6-8-16-7-5-9-17(16)18;5-3(6)1-2-4(7)8/h6,8,10,15H,5,7,9,11-14H2,1-4H3,(H,20,23);1-2H,(H,5,6)(H,7,8). The molecule has 1 aliphatic rings. The number of aliphatic carboxylic acids is 2. The van der Waals surface area contributed by atoms with Gasteiger partial charge < -0.3 is 30.1 Å². The first-order valence-corrected chi connectivity index (χ1v) is 10.7. The highest BCUT2D eigenvalue weighted by molar-refractivity contribution is 5.89. The Morgan fingerprint density at radius 1 is 1.09 bits per heavy atom. The largest absolute Gasteiger partial charge is 0.491 e. The van der Waals surface area contributed by atoms with Crippen LogP contribution in [0.3, 0.4) is 0 Å². The molecule has 1 aliphatic carbocycles. The number of carboxylic acid groups (broad SMARTS) is 2. The number of rotatable bonds is 10. The molecule has 3 N–H and O–H groups in total. The first kappa shape index (κ1) is 27.0. The molecule has 0 aliphatic heterocycles. The van der Waals surface area contributed by atoms with Gasteiger partial charge in [0.25, 0.3) is 0 Å². The highest BCUT2D eigenvalue weighted by Gasteiger charge is 2.17. The number of urea groups is 1. The van der Waals surface area contributed by atoms with Crippen molar-refractivity contribution in [1.82, 2.24) is 15.1 Å². The molecular formula is C23H35N3O6. The third kappa shape index (κ3) is 10.3. The number of carbonyl (C=O) groups excluding carboxylic acids is 1. The van der Waals surface area contributed by atoms with E-state index in [2.05, 4.69) is 22.3 Å². The number of carbonyl (C=O) groups is 3. The topological polar surface area (TPSA) is 119 Å². The molecule has 0 saturated heterocycles. The maximum absolute atomic E-state index is 12.3. The van der Waals surface area contributed by atoms with Crippen molar-refractivity contribution >= 4 is 18.0 Å². The van der Waals surface area contributed by atoms with Crippen LogP contribution in [0.1, 0.15) is 31.4 Å². The smallest absolute Gasteiger partial charge is 0.328 e. The number of hydrogen-bond donors (Lipinski definition) is 3. The number of nitrogens with one attached hydrogen (secondary N) is 1. The van der Waals surface area contributed by atoms with Crippen molar-refractivity contribution in [3.05, 3.63) is 41.5 Å². The Morgan fingerprint density at radius 2 is 1.75 bits per heavy atom. The predicted octanol–water partition coefficient (Wildman–Crippen LogP) is 2.25. The summed E-state index contributed by atoms with van der Waals surface area (Å²) >= 11 is 0. The van der Waals surface area contributed by atoms with E-state index in [4.69, 9.17) is 14.9 Å². The molecule has 0 fully saturated rings. The molecule has 1 aromatic carbocycles. The predicted molar refractivity (Wildman–Crippen MR) is 122 cm³/mol.